The van der Waals surface area contributed by atoms with Crippen molar-refractivity contribution in [1.82, 2.24) is 4.98 Å². The van der Waals surface area contributed by atoms with Gasteiger partial charge < -0.3 is 4.90 Å². The number of rotatable bonds is 2. The maximum Gasteiger partial charge on any atom is 0.274 e. The molecule has 1 aliphatic heterocycles. The summed E-state index contributed by atoms with van der Waals surface area (Å²) in [6.07, 6.45) is 2.38. The molecule has 1 amide bonds. The number of fused-ring (bicyclic) bond motifs is 1. The van der Waals surface area contributed by atoms with Gasteiger partial charge in [0.1, 0.15) is 0 Å². The van der Waals surface area contributed by atoms with Crippen LogP contribution in [0.25, 0.3) is 0 Å². The average Bonchev–Trinajstić information content (AvgIpc) is 2.66. The lowest BCUT2D eigenvalue weighted by Gasteiger charge is -2.18. The van der Waals surface area contributed by atoms with E-state index in [-0.39, 0.29) is 5.91 Å². The van der Waals surface area contributed by atoms with E-state index < -0.39 is 6.17 Å². The van der Waals surface area contributed by atoms with Gasteiger partial charge in [0.25, 0.3) is 5.91 Å². The Morgan fingerprint density at radius 1 is 1.39 bits per heavy atom. The van der Waals surface area contributed by atoms with E-state index in [4.69, 9.17) is 11.6 Å². The second-order valence-corrected chi connectivity index (χ2v) is 5.49. The van der Waals surface area contributed by atoms with Crippen LogP contribution in [-0.2, 0) is 4.79 Å². The first-order chi connectivity index (χ1) is 11.1. The fraction of sp³-hybridized carbons (Fsp3) is 0.125. The molecule has 0 saturated carbocycles. The first-order valence-corrected chi connectivity index (χ1v) is 7.53. The van der Waals surface area contributed by atoms with E-state index >= 15 is 0 Å². The normalized spacial score (nSPS) is 17.0. The number of benzodiazepines with no additional fused rings is 1. The Hall–Kier alpha value is -2.40. The van der Waals surface area contributed by atoms with Crippen LogP contribution in [0.4, 0.5) is 5.69 Å². The van der Waals surface area contributed by atoms with Gasteiger partial charge in [-0.05, 0) is 42.5 Å². The summed E-state index contributed by atoms with van der Waals surface area (Å²) >= 11 is 10.8. The highest BCUT2D eigenvalue weighted by molar-refractivity contribution is 7.78. The summed E-state index contributed by atoms with van der Waals surface area (Å²) in [5.41, 5.74) is 2.79. The molecule has 0 N–H and O–H groups in total. The highest BCUT2D eigenvalue weighted by atomic mass is 35.5. The van der Waals surface area contributed by atoms with Crippen LogP contribution < -0.4 is 4.90 Å². The van der Waals surface area contributed by atoms with Crippen LogP contribution in [0.15, 0.2) is 52.7 Å². The number of isothiocyanates is 1. The number of pyridine rings is 1. The molecular formula is C16H11ClN4OS. The highest BCUT2D eigenvalue weighted by Gasteiger charge is 2.29. The molecule has 1 aliphatic rings. The Morgan fingerprint density at radius 3 is 2.91 bits per heavy atom. The second kappa shape index (κ2) is 6.38. The minimum absolute atomic E-state index is 0.287. The largest absolute Gasteiger partial charge is 0.311 e. The number of carbonyl (C=O) groups excluding carboxylic acids is 1. The summed E-state index contributed by atoms with van der Waals surface area (Å²) in [4.78, 5) is 26.5. The molecular weight excluding hydrogens is 332 g/mol. The number of halogens is 1. The number of thiocarbonyl (C=S) groups is 1. The van der Waals surface area contributed by atoms with Gasteiger partial charge in [-0.1, -0.05) is 11.6 Å². The molecule has 5 nitrogen and oxygen atoms in total. The maximum absolute atomic E-state index is 12.5. The molecule has 23 heavy (non-hydrogen) atoms. The van der Waals surface area contributed by atoms with Crippen molar-refractivity contribution in [2.24, 2.45) is 9.98 Å². The number of carbonyl (C=O) groups is 1. The number of benzene rings is 1. The Bertz CT molecular complexity index is 846. The van der Waals surface area contributed by atoms with Crippen LogP contribution in [0.2, 0.25) is 5.02 Å². The van der Waals surface area contributed by atoms with E-state index in [1.807, 2.05) is 6.07 Å². The second-order valence-electron chi connectivity index (χ2n) is 4.87. The van der Waals surface area contributed by atoms with Crippen molar-refractivity contribution in [2.45, 2.75) is 6.17 Å². The molecule has 0 fully saturated rings. The van der Waals surface area contributed by atoms with Crippen LogP contribution in [0.3, 0.4) is 0 Å². The fourth-order valence-corrected chi connectivity index (χ4v) is 2.67. The lowest BCUT2D eigenvalue weighted by molar-refractivity contribution is -0.119. The quantitative estimate of drug-likeness (QED) is 0.622. The van der Waals surface area contributed by atoms with E-state index in [0.717, 1.165) is 11.1 Å². The Morgan fingerprint density at radius 2 is 2.22 bits per heavy atom. The lowest BCUT2D eigenvalue weighted by atomic mass is 10.0. The van der Waals surface area contributed by atoms with Gasteiger partial charge in [0.2, 0.25) is 6.17 Å². The maximum atomic E-state index is 12.5. The van der Waals surface area contributed by atoms with Crippen LogP contribution in [0.5, 0.6) is 0 Å². The van der Waals surface area contributed by atoms with Crippen molar-refractivity contribution in [3.8, 4) is 0 Å². The molecule has 1 aromatic heterocycles. The van der Waals surface area contributed by atoms with Crippen molar-refractivity contribution in [3.05, 3.63) is 58.9 Å². The Balaban J connectivity index is 2.30. The van der Waals surface area contributed by atoms with Crippen molar-refractivity contribution in [1.29, 1.82) is 0 Å². The predicted octanol–water partition coefficient (Wildman–Crippen LogP) is 2.98. The highest BCUT2D eigenvalue weighted by Crippen LogP contribution is 2.30. The third kappa shape index (κ3) is 2.92. The molecule has 1 unspecified atom stereocenters. The number of aliphatic imine (C=N–C) groups is 2. The first kappa shape index (κ1) is 15.5. The first-order valence-electron chi connectivity index (χ1n) is 6.74. The molecule has 0 bridgehead atoms. The zero-order chi connectivity index (χ0) is 16.4. The van der Waals surface area contributed by atoms with Gasteiger partial charge >= 0.3 is 0 Å². The molecule has 114 valence electrons. The summed E-state index contributed by atoms with van der Waals surface area (Å²) in [5.74, 6) is -0.287. The van der Waals surface area contributed by atoms with Gasteiger partial charge in [-0.3, -0.25) is 9.78 Å². The van der Waals surface area contributed by atoms with Crippen molar-refractivity contribution in [2.75, 3.05) is 11.9 Å². The molecule has 0 spiro atoms. The SMILES string of the molecule is CN1C(=O)C(N=C=S)N=C(c2cccnc2)c2cc(Cl)ccc21. The number of aromatic nitrogens is 1. The molecule has 1 aromatic carbocycles. The standard InChI is InChI=1S/C16H11ClN4OS/c1-21-13-5-4-11(17)7-12(13)14(10-3-2-6-18-8-10)20-15(16(21)22)19-9-23/h2-8,15H,1H3. The van der Waals surface area contributed by atoms with Crippen LogP contribution in [0, 0.1) is 0 Å². The number of nitrogens with zero attached hydrogens (tertiary/aromatic N) is 4. The third-order valence-corrected chi connectivity index (χ3v) is 3.83. The van der Waals surface area contributed by atoms with Gasteiger partial charge in [-0.25, -0.2) is 4.99 Å². The van der Waals surface area contributed by atoms with Crippen LogP contribution in [-0.4, -0.2) is 35.0 Å². The number of hydrogen-bond donors (Lipinski definition) is 0. The van der Waals surface area contributed by atoms with Gasteiger partial charge in [0.15, 0.2) is 0 Å². The van der Waals surface area contributed by atoms with Gasteiger partial charge in [-0.15, -0.1) is 0 Å². The van der Waals surface area contributed by atoms with E-state index in [2.05, 4.69) is 32.3 Å². The number of anilines is 1. The van der Waals surface area contributed by atoms with Crippen molar-refractivity contribution >= 4 is 46.3 Å². The number of amides is 1. The minimum atomic E-state index is -0.973. The molecule has 0 radical (unpaired) electrons. The number of likely N-dealkylation sites (N-methyl/N-ethyl adjacent to an activating group) is 1. The van der Waals surface area contributed by atoms with E-state index in [0.29, 0.717) is 16.4 Å². The molecule has 1 atom stereocenters. The van der Waals surface area contributed by atoms with E-state index in [9.17, 15) is 4.79 Å². The van der Waals surface area contributed by atoms with E-state index in [1.54, 1.807) is 43.7 Å². The summed E-state index contributed by atoms with van der Waals surface area (Å²) in [5, 5.41) is 2.79. The van der Waals surface area contributed by atoms with Gasteiger partial charge in [-0.2, -0.15) is 4.99 Å². The number of hydrogen-bond acceptors (Lipinski definition) is 5. The monoisotopic (exact) mass is 342 g/mol. The van der Waals surface area contributed by atoms with Gasteiger partial charge in [0.05, 0.1) is 16.6 Å². The van der Waals surface area contributed by atoms with Gasteiger partial charge in [0, 0.05) is 35.6 Å². The van der Waals surface area contributed by atoms with Crippen LogP contribution >= 0.6 is 23.8 Å². The third-order valence-electron chi connectivity index (χ3n) is 3.49. The molecule has 0 saturated heterocycles. The molecule has 0 aliphatic carbocycles. The summed E-state index contributed by atoms with van der Waals surface area (Å²) in [7, 11) is 1.67. The van der Waals surface area contributed by atoms with Crippen molar-refractivity contribution in [3.63, 3.8) is 0 Å². The molecule has 3 rings (SSSR count). The van der Waals surface area contributed by atoms with E-state index in [1.165, 1.54) is 4.90 Å². The topological polar surface area (TPSA) is 57.9 Å². The average molecular weight is 343 g/mol. The summed E-state index contributed by atoms with van der Waals surface area (Å²) in [6, 6.07) is 8.95. The van der Waals surface area contributed by atoms with Crippen molar-refractivity contribution < 1.29 is 4.79 Å². The lowest BCUT2D eigenvalue weighted by Crippen LogP contribution is -2.33. The Labute approximate surface area is 143 Å². The zero-order valence-corrected chi connectivity index (χ0v) is 13.7. The zero-order valence-electron chi connectivity index (χ0n) is 12.1. The Kier molecular flexibility index (Phi) is 4.30. The predicted molar refractivity (Wildman–Crippen MR) is 93.6 cm³/mol. The molecule has 2 aromatic rings. The summed E-state index contributed by atoms with van der Waals surface area (Å²) < 4.78 is 0. The fourth-order valence-electron chi connectivity index (χ4n) is 2.40. The summed E-state index contributed by atoms with van der Waals surface area (Å²) in [6.45, 7) is 0. The smallest absolute Gasteiger partial charge is 0.274 e. The van der Waals surface area contributed by atoms with Crippen LogP contribution in [0.1, 0.15) is 11.1 Å². The molecule has 7 heteroatoms. The molecule has 2 heterocycles. The minimum Gasteiger partial charge on any atom is -0.311 e.